The molecule has 13 heavy (non-hydrogen) atoms. The molecule has 2 aliphatic rings. The van der Waals surface area contributed by atoms with Crippen molar-refractivity contribution in [2.75, 3.05) is 13.1 Å². The highest BCUT2D eigenvalue weighted by Crippen LogP contribution is 2.35. The maximum Gasteiger partial charge on any atom is 0.0168 e. The Morgan fingerprint density at radius 2 is 2.23 bits per heavy atom. The van der Waals surface area contributed by atoms with Crippen LogP contribution in [0.15, 0.2) is 11.1 Å². The molecule has 0 bridgehead atoms. The van der Waals surface area contributed by atoms with E-state index in [0.717, 1.165) is 5.92 Å². The highest BCUT2D eigenvalue weighted by Gasteiger charge is 2.21. The minimum atomic E-state index is 0.934. The molecule has 1 saturated carbocycles. The molecule has 2 fully saturated rings. The van der Waals surface area contributed by atoms with E-state index in [9.17, 15) is 0 Å². The second-order valence-corrected chi connectivity index (χ2v) is 4.41. The number of rotatable bonds is 1. The van der Waals surface area contributed by atoms with Gasteiger partial charge in [-0.15, -0.1) is 0 Å². The van der Waals surface area contributed by atoms with Crippen LogP contribution in [-0.2, 0) is 0 Å². The molecule has 1 aliphatic heterocycles. The summed E-state index contributed by atoms with van der Waals surface area (Å²) in [5, 5.41) is 3.46. The molecule has 1 saturated heterocycles. The fraction of sp³-hybridized carbons (Fsp3) is 0.833. The van der Waals surface area contributed by atoms with Gasteiger partial charge in [0.05, 0.1) is 0 Å². The molecule has 1 unspecified atom stereocenters. The standard InChI is InChI=1S/C12H21N/c1-2-10-5-3-4-6-12(10)11-7-8-13-9-11/h10,13H,2-9H2,1H3/b12-11+. The van der Waals surface area contributed by atoms with Crippen molar-refractivity contribution in [1.82, 2.24) is 5.32 Å². The summed E-state index contributed by atoms with van der Waals surface area (Å²) in [7, 11) is 0. The zero-order valence-electron chi connectivity index (χ0n) is 8.73. The summed E-state index contributed by atoms with van der Waals surface area (Å²) in [5.74, 6) is 0.934. The molecule has 1 aliphatic carbocycles. The topological polar surface area (TPSA) is 12.0 Å². The van der Waals surface area contributed by atoms with Crippen LogP contribution >= 0.6 is 0 Å². The molecule has 1 heteroatoms. The van der Waals surface area contributed by atoms with Gasteiger partial charge in [0.2, 0.25) is 0 Å². The SMILES string of the molecule is CCC1CCCC/C1=C1/CCNC1. The summed E-state index contributed by atoms with van der Waals surface area (Å²) < 4.78 is 0. The van der Waals surface area contributed by atoms with Gasteiger partial charge in [0.1, 0.15) is 0 Å². The Kier molecular flexibility index (Phi) is 3.05. The Labute approximate surface area is 81.6 Å². The van der Waals surface area contributed by atoms with E-state index >= 15 is 0 Å². The van der Waals surface area contributed by atoms with Crippen molar-refractivity contribution in [3.8, 4) is 0 Å². The van der Waals surface area contributed by atoms with Gasteiger partial charge in [-0.05, 0) is 44.6 Å². The Morgan fingerprint density at radius 1 is 1.31 bits per heavy atom. The van der Waals surface area contributed by atoms with E-state index in [-0.39, 0.29) is 0 Å². The lowest BCUT2D eigenvalue weighted by molar-refractivity contribution is 0.437. The summed E-state index contributed by atoms with van der Waals surface area (Å²) in [4.78, 5) is 0. The molecule has 0 aromatic heterocycles. The third-order valence-electron chi connectivity index (χ3n) is 3.63. The van der Waals surface area contributed by atoms with Crippen molar-refractivity contribution in [3.05, 3.63) is 11.1 Å². The average molecular weight is 179 g/mol. The van der Waals surface area contributed by atoms with Crippen LogP contribution in [0.3, 0.4) is 0 Å². The van der Waals surface area contributed by atoms with Crippen molar-refractivity contribution >= 4 is 0 Å². The lowest BCUT2D eigenvalue weighted by Crippen LogP contribution is -2.13. The molecular weight excluding hydrogens is 158 g/mol. The van der Waals surface area contributed by atoms with Gasteiger partial charge in [-0.25, -0.2) is 0 Å². The fourth-order valence-electron chi connectivity index (χ4n) is 2.84. The van der Waals surface area contributed by atoms with Crippen LogP contribution in [0, 0.1) is 5.92 Å². The van der Waals surface area contributed by atoms with E-state index in [1.807, 2.05) is 5.57 Å². The second kappa shape index (κ2) is 4.28. The summed E-state index contributed by atoms with van der Waals surface area (Å²) in [6.07, 6.45) is 8.44. The molecule has 0 spiro atoms. The van der Waals surface area contributed by atoms with Crippen LogP contribution in [0.2, 0.25) is 0 Å². The Bertz CT molecular complexity index is 197. The predicted molar refractivity (Wildman–Crippen MR) is 56.8 cm³/mol. The molecule has 0 aromatic carbocycles. The molecule has 0 aromatic rings. The third kappa shape index (κ3) is 1.96. The summed E-state index contributed by atoms with van der Waals surface area (Å²) >= 11 is 0. The first kappa shape index (κ1) is 9.26. The van der Waals surface area contributed by atoms with Crippen LogP contribution < -0.4 is 5.32 Å². The number of hydrogen-bond donors (Lipinski definition) is 1. The van der Waals surface area contributed by atoms with Gasteiger partial charge in [0, 0.05) is 6.54 Å². The molecule has 1 N–H and O–H groups in total. The molecule has 0 amide bonds. The third-order valence-corrected chi connectivity index (χ3v) is 3.63. The molecule has 2 rings (SSSR count). The monoisotopic (exact) mass is 179 g/mol. The molecule has 74 valence electrons. The van der Waals surface area contributed by atoms with Crippen LogP contribution in [0.5, 0.6) is 0 Å². The zero-order chi connectivity index (χ0) is 9.10. The van der Waals surface area contributed by atoms with Gasteiger partial charge in [0.25, 0.3) is 0 Å². The van der Waals surface area contributed by atoms with Gasteiger partial charge in [-0.1, -0.05) is 24.5 Å². The largest absolute Gasteiger partial charge is 0.313 e. The van der Waals surface area contributed by atoms with Gasteiger partial charge >= 0.3 is 0 Å². The van der Waals surface area contributed by atoms with Crippen LogP contribution in [0.25, 0.3) is 0 Å². The van der Waals surface area contributed by atoms with Crippen LogP contribution in [0.4, 0.5) is 0 Å². The first-order valence-electron chi connectivity index (χ1n) is 5.83. The van der Waals surface area contributed by atoms with Gasteiger partial charge in [-0.3, -0.25) is 0 Å². The number of hydrogen-bond acceptors (Lipinski definition) is 1. The van der Waals surface area contributed by atoms with E-state index in [4.69, 9.17) is 0 Å². The average Bonchev–Trinajstić information content (AvgIpc) is 2.70. The fourth-order valence-corrected chi connectivity index (χ4v) is 2.84. The highest BCUT2D eigenvalue weighted by molar-refractivity contribution is 5.22. The molecular formula is C12H21N. The normalized spacial score (nSPS) is 35.3. The molecule has 1 nitrogen and oxygen atoms in total. The summed E-state index contributed by atoms with van der Waals surface area (Å²) in [6, 6.07) is 0. The second-order valence-electron chi connectivity index (χ2n) is 4.41. The molecule has 0 radical (unpaired) electrons. The predicted octanol–water partition coefficient (Wildman–Crippen LogP) is 2.88. The van der Waals surface area contributed by atoms with E-state index in [0.29, 0.717) is 0 Å². The van der Waals surface area contributed by atoms with Crippen molar-refractivity contribution in [2.45, 2.75) is 45.4 Å². The van der Waals surface area contributed by atoms with E-state index in [2.05, 4.69) is 12.2 Å². The van der Waals surface area contributed by atoms with Crippen molar-refractivity contribution in [2.24, 2.45) is 5.92 Å². The van der Waals surface area contributed by atoms with Crippen molar-refractivity contribution in [1.29, 1.82) is 0 Å². The van der Waals surface area contributed by atoms with Crippen LogP contribution in [-0.4, -0.2) is 13.1 Å². The smallest absolute Gasteiger partial charge is 0.0168 e. The van der Waals surface area contributed by atoms with Crippen LogP contribution in [0.1, 0.15) is 45.4 Å². The van der Waals surface area contributed by atoms with Gasteiger partial charge in [-0.2, -0.15) is 0 Å². The first-order chi connectivity index (χ1) is 6.42. The van der Waals surface area contributed by atoms with Gasteiger partial charge in [0.15, 0.2) is 0 Å². The Morgan fingerprint density at radius 3 is 2.92 bits per heavy atom. The quantitative estimate of drug-likeness (QED) is 0.610. The Hall–Kier alpha value is -0.300. The maximum atomic E-state index is 3.46. The summed E-state index contributed by atoms with van der Waals surface area (Å²) in [5.41, 5.74) is 3.59. The lowest BCUT2D eigenvalue weighted by Gasteiger charge is -2.26. The molecule has 1 atom stereocenters. The minimum Gasteiger partial charge on any atom is -0.313 e. The summed E-state index contributed by atoms with van der Waals surface area (Å²) in [6.45, 7) is 4.75. The number of allylic oxidation sites excluding steroid dienone is 1. The van der Waals surface area contributed by atoms with E-state index in [1.165, 1.54) is 51.6 Å². The zero-order valence-corrected chi connectivity index (χ0v) is 8.73. The molecule has 1 heterocycles. The van der Waals surface area contributed by atoms with Crippen molar-refractivity contribution < 1.29 is 0 Å². The van der Waals surface area contributed by atoms with Gasteiger partial charge < -0.3 is 5.32 Å². The highest BCUT2D eigenvalue weighted by atomic mass is 14.9. The number of nitrogens with one attached hydrogen (secondary N) is 1. The lowest BCUT2D eigenvalue weighted by atomic mass is 9.80. The first-order valence-corrected chi connectivity index (χ1v) is 5.83. The van der Waals surface area contributed by atoms with E-state index < -0.39 is 0 Å². The van der Waals surface area contributed by atoms with E-state index in [1.54, 1.807) is 5.57 Å². The van der Waals surface area contributed by atoms with Crippen molar-refractivity contribution in [3.63, 3.8) is 0 Å². The minimum absolute atomic E-state index is 0.934. The maximum absolute atomic E-state index is 3.46. The Balaban J connectivity index is 2.12.